The van der Waals surface area contributed by atoms with E-state index in [4.69, 9.17) is 9.47 Å². The molecule has 0 aromatic carbocycles. The zero-order chi connectivity index (χ0) is 38.4. The highest BCUT2D eigenvalue weighted by molar-refractivity contribution is 5.73. The SMILES string of the molecule is CCCCCCCCC(CCCCC)C(=O)OCC(COC(=O)C(CCCCC)CCCCCCCC)N1CCC2(CCN(CCCCO)CC2)CC1. The van der Waals surface area contributed by atoms with Gasteiger partial charge in [0.2, 0.25) is 0 Å². The quantitative estimate of drug-likeness (QED) is 0.0529. The number of carbonyl (C=O) groups excluding carboxylic acids is 2. The maximum absolute atomic E-state index is 13.7. The first-order valence-corrected chi connectivity index (χ1v) is 23.3. The molecule has 2 atom stereocenters. The Balaban J connectivity index is 2.05. The molecule has 2 fully saturated rings. The van der Waals surface area contributed by atoms with Crippen LogP contribution in [-0.4, -0.2) is 85.4 Å². The molecule has 7 nitrogen and oxygen atoms in total. The molecule has 2 unspecified atom stereocenters. The van der Waals surface area contributed by atoms with E-state index < -0.39 is 0 Å². The van der Waals surface area contributed by atoms with Crippen molar-refractivity contribution in [1.82, 2.24) is 9.80 Å². The molecule has 1 N–H and O–H groups in total. The lowest BCUT2D eigenvalue weighted by Crippen LogP contribution is -2.52. The summed E-state index contributed by atoms with van der Waals surface area (Å²) in [5.41, 5.74) is 0.394. The third-order valence-corrected chi connectivity index (χ3v) is 12.8. The van der Waals surface area contributed by atoms with E-state index in [0.29, 0.717) is 18.6 Å². The Hall–Kier alpha value is -1.18. The molecule has 0 aromatic rings. The first kappa shape index (κ1) is 48.0. The molecule has 53 heavy (non-hydrogen) atoms. The van der Waals surface area contributed by atoms with Gasteiger partial charge in [-0.3, -0.25) is 14.5 Å². The lowest BCUT2D eigenvalue weighted by atomic mass is 9.71. The molecule has 2 aliphatic heterocycles. The van der Waals surface area contributed by atoms with Gasteiger partial charge in [-0.2, -0.15) is 0 Å². The third kappa shape index (κ3) is 21.1. The van der Waals surface area contributed by atoms with Crippen LogP contribution >= 0.6 is 0 Å². The summed E-state index contributed by atoms with van der Waals surface area (Å²) in [5, 5.41) is 9.20. The Bertz CT molecular complexity index is 835. The molecule has 1 spiro atoms. The van der Waals surface area contributed by atoms with Gasteiger partial charge in [0.25, 0.3) is 0 Å². The highest BCUT2D eigenvalue weighted by Crippen LogP contribution is 2.41. The molecule has 0 aliphatic carbocycles. The number of aliphatic hydroxyl groups is 1. The molecule has 0 radical (unpaired) electrons. The average molecular weight is 749 g/mol. The smallest absolute Gasteiger partial charge is 0.308 e. The minimum Gasteiger partial charge on any atom is -0.464 e. The van der Waals surface area contributed by atoms with Crippen molar-refractivity contribution in [2.24, 2.45) is 17.3 Å². The van der Waals surface area contributed by atoms with E-state index >= 15 is 0 Å². The molecular weight excluding hydrogens is 661 g/mol. The molecule has 2 aliphatic rings. The number of aliphatic hydroxyl groups excluding tert-OH is 1. The van der Waals surface area contributed by atoms with Gasteiger partial charge in [-0.25, -0.2) is 0 Å². The van der Waals surface area contributed by atoms with Crippen molar-refractivity contribution in [3.63, 3.8) is 0 Å². The number of nitrogens with zero attached hydrogens (tertiary/aromatic N) is 2. The van der Waals surface area contributed by atoms with Crippen molar-refractivity contribution in [1.29, 1.82) is 0 Å². The average Bonchev–Trinajstić information content (AvgIpc) is 3.17. The zero-order valence-electron chi connectivity index (χ0n) is 35.7. The van der Waals surface area contributed by atoms with Crippen LogP contribution in [0.3, 0.4) is 0 Å². The first-order valence-electron chi connectivity index (χ1n) is 23.3. The number of esters is 2. The fraction of sp³-hybridized carbons (Fsp3) is 0.957. The summed E-state index contributed by atoms with van der Waals surface area (Å²) >= 11 is 0. The maximum atomic E-state index is 13.7. The normalized spacial score (nSPS) is 18.2. The number of carbonyl (C=O) groups is 2. The van der Waals surface area contributed by atoms with Crippen LogP contribution in [0.4, 0.5) is 0 Å². The van der Waals surface area contributed by atoms with Crippen molar-refractivity contribution in [2.45, 2.75) is 214 Å². The van der Waals surface area contributed by atoms with Gasteiger partial charge in [0, 0.05) is 6.61 Å². The van der Waals surface area contributed by atoms with Gasteiger partial charge in [0.15, 0.2) is 0 Å². The lowest BCUT2D eigenvalue weighted by molar-refractivity contribution is -0.156. The van der Waals surface area contributed by atoms with Crippen molar-refractivity contribution >= 4 is 11.9 Å². The predicted octanol–water partition coefficient (Wildman–Crippen LogP) is 11.3. The van der Waals surface area contributed by atoms with E-state index in [9.17, 15) is 14.7 Å². The second kappa shape index (κ2) is 31.0. The maximum Gasteiger partial charge on any atom is 0.308 e. The van der Waals surface area contributed by atoms with Crippen LogP contribution in [0.5, 0.6) is 0 Å². The largest absolute Gasteiger partial charge is 0.464 e. The van der Waals surface area contributed by atoms with E-state index in [1.165, 1.54) is 77.0 Å². The number of hydrogen-bond donors (Lipinski definition) is 1. The van der Waals surface area contributed by atoms with Crippen LogP contribution in [0.25, 0.3) is 0 Å². The van der Waals surface area contributed by atoms with Gasteiger partial charge in [-0.1, -0.05) is 143 Å². The Labute approximate surface area is 328 Å². The molecule has 2 heterocycles. The number of unbranched alkanes of at least 4 members (excludes halogenated alkanes) is 15. The Morgan fingerprint density at radius 3 is 1.34 bits per heavy atom. The zero-order valence-corrected chi connectivity index (χ0v) is 35.7. The minimum absolute atomic E-state index is 0.0246. The van der Waals surface area contributed by atoms with E-state index in [1.54, 1.807) is 0 Å². The number of hydrogen-bond acceptors (Lipinski definition) is 7. The van der Waals surface area contributed by atoms with Crippen LogP contribution in [0.15, 0.2) is 0 Å². The van der Waals surface area contributed by atoms with Crippen molar-refractivity contribution in [2.75, 3.05) is 52.5 Å². The van der Waals surface area contributed by atoms with Crippen LogP contribution in [-0.2, 0) is 19.1 Å². The molecule has 2 saturated heterocycles. The summed E-state index contributed by atoms with van der Waals surface area (Å²) in [6, 6.07) is -0.0884. The minimum atomic E-state index is -0.0884. The Kier molecular flexibility index (Phi) is 28.0. The topological polar surface area (TPSA) is 79.3 Å². The fourth-order valence-corrected chi connectivity index (χ4v) is 8.80. The van der Waals surface area contributed by atoms with E-state index in [0.717, 1.165) is 135 Å². The highest BCUT2D eigenvalue weighted by Gasteiger charge is 2.39. The van der Waals surface area contributed by atoms with Crippen LogP contribution in [0, 0.1) is 17.3 Å². The second-order valence-corrected chi connectivity index (χ2v) is 17.2. The van der Waals surface area contributed by atoms with Crippen molar-refractivity contribution in [3.8, 4) is 0 Å². The number of rotatable bonds is 33. The standard InChI is InChI=1S/C46H88N2O5/c1-5-9-13-15-17-21-27-41(25-19-11-7-3)44(50)52-39-43(40-53-45(51)42(26-20-12-8-4)28-22-18-16-14-10-6-2)48-36-31-46(32-37-48)29-34-47(35-30-46)33-23-24-38-49/h41-43,49H,5-40H2,1-4H3. The number of ether oxygens (including phenoxy) is 2. The van der Waals surface area contributed by atoms with Gasteiger partial charge in [-0.15, -0.1) is 0 Å². The van der Waals surface area contributed by atoms with Crippen molar-refractivity contribution in [3.05, 3.63) is 0 Å². The van der Waals surface area contributed by atoms with Gasteiger partial charge in [0.1, 0.15) is 13.2 Å². The second-order valence-electron chi connectivity index (χ2n) is 17.2. The number of likely N-dealkylation sites (tertiary alicyclic amines) is 2. The van der Waals surface area contributed by atoms with Gasteiger partial charge >= 0.3 is 11.9 Å². The van der Waals surface area contributed by atoms with Crippen LogP contribution in [0.2, 0.25) is 0 Å². The van der Waals surface area contributed by atoms with E-state index in [2.05, 4.69) is 37.5 Å². The van der Waals surface area contributed by atoms with Gasteiger partial charge in [0.05, 0.1) is 17.9 Å². The number of piperidine rings is 2. The molecule has 0 bridgehead atoms. The predicted molar refractivity (Wildman–Crippen MR) is 222 cm³/mol. The molecule has 2 rings (SSSR count). The first-order chi connectivity index (χ1) is 25.9. The molecule has 312 valence electrons. The summed E-state index contributed by atoms with van der Waals surface area (Å²) < 4.78 is 12.5. The summed E-state index contributed by atoms with van der Waals surface area (Å²) in [6.07, 6.45) is 32.1. The summed E-state index contributed by atoms with van der Waals surface area (Å²) in [6.45, 7) is 15.2. The molecule has 0 saturated carbocycles. The van der Waals surface area contributed by atoms with E-state index in [1.807, 2.05) is 0 Å². The van der Waals surface area contributed by atoms with Crippen LogP contribution < -0.4 is 0 Å². The van der Waals surface area contributed by atoms with Crippen molar-refractivity contribution < 1.29 is 24.2 Å². The van der Waals surface area contributed by atoms with E-state index in [-0.39, 0.29) is 36.4 Å². The molecular formula is C46H88N2O5. The summed E-state index contributed by atoms with van der Waals surface area (Å²) in [5.74, 6) is -0.117. The van der Waals surface area contributed by atoms with Gasteiger partial charge < -0.3 is 19.5 Å². The Morgan fingerprint density at radius 2 is 0.906 bits per heavy atom. The highest BCUT2D eigenvalue weighted by atomic mass is 16.5. The summed E-state index contributed by atoms with van der Waals surface area (Å²) in [7, 11) is 0. The molecule has 0 amide bonds. The third-order valence-electron chi connectivity index (χ3n) is 12.8. The molecule has 7 heteroatoms. The van der Waals surface area contributed by atoms with Gasteiger partial charge in [-0.05, 0) is 102 Å². The molecule has 0 aromatic heterocycles. The fourth-order valence-electron chi connectivity index (χ4n) is 8.80. The Morgan fingerprint density at radius 1 is 0.528 bits per heavy atom. The summed E-state index contributed by atoms with van der Waals surface area (Å²) in [4.78, 5) is 32.5. The van der Waals surface area contributed by atoms with Crippen LogP contribution in [0.1, 0.15) is 207 Å². The monoisotopic (exact) mass is 749 g/mol. The lowest BCUT2D eigenvalue weighted by Gasteiger charge is -2.48.